The van der Waals surface area contributed by atoms with E-state index in [0.717, 1.165) is 25.3 Å². The van der Waals surface area contributed by atoms with Crippen LogP contribution in [0.1, 0.15) is 55.3 Å². The molecular weight excluding hydrogens is 262 g/mol. The maximum absolute atomic E-state index is 5.92. The Labute approximate surface area is 129 Å². The lowest BCUT2D eigenvalue weighted by atomic mass is 9.93. The average molecular weight is 291 g/mol. The molecule has 0 spiro atoms. The summed E-state index contributed by atoms with van der Waals surface area (Å²) < 4.78 is 11.6. The number of methoxy groups -OCH3 is 1. The Morgan fingerprint density at radius 2 is 2.14 bits per heavy atom. The minimum absolute atomic E-state index is 0.298. The molecule has 1 aliphatic rings. The maximum Gasteiger partial charge on any atom is 0.126 e. The molecule has 2 unspecified atom stereocenters. The Morgan fingerprint density at radius 3 is 2.76 bits per heavy atom. The van der Waals surface area contributed by atoms with Gasteiger partial charge in [-0.15, -0.1) is 0 Å². The van der Waals surface area contributed by atoms with Gasteiger partial charge in [-0.1, -0.05) is 19.1 Å². The van der Waals surface area contributed by atoms with Crippen molar-refractivity contribution in [2.75, 3.05) is 20.3 Å². The fourth-order valence-corrected chi connectivity index (χ4v) is 3.18. The Balaban J connectivity index is 2.22. The summed E-state index contributed by atoms with van der Waals surface area (Å²) in [5, 5.41) is 3.61. The summed E-state index contributed by atoms with van der Waals surface area (Å²) in [6.07, 6.45) is 5.05. The molecule has 3 heteroatoms. The number of hydrogen-bond acceptors (Lipinski definition) is 3. The Morgan fingerprint density at radius 1 is 1.33 bits per heavy atom. The monoisotopic (exact) mass is 291 g/mol. The van der Waals surface area contributed by atoms with Crippen molar-refractivity contribution < 1.29 is 9.47 Å². The summed E-state index contributed by atoms with van der Waals surface area (Å²) in [5.74, 6) is 1.02. The molecule has 0 amide bonds. The van der Waals surface area contributed by atoms with Crippen molar-refractivity contribution in [3.63, 3.8) is 0 Å². The molecule has 118 valence electrons. The average Bonchev–Trinajstić information content (AvgIpc) is 2.50. The van der Waals surface area contributed by atoms with Crippen molar-refractivity contribution in [3.05, 3.63) is 28.8 Å². The molecular formula is C18H29NO2. The van der Waals surface area contributed by atoms with Gasteiger partial charge in [-0.2, -0.15) is 0 Å². The molecule has 1 fully saturated rings. The van der Waals surface area contributed by atoms with Crippen molar-refractivity contribution in [1.29, 1.82) is 0 Å². The minimum Gasteiger partial charge on any atom is -0.496 e. The first-order valence-electron chi connectivity index (χ1n) is 8.16. The highest BCUT2D eigenvalue weighted by Gasteiger charge is 2.23. The zero-order valence-electron chi connectivity index (χ0n) is 13.9. The van der Waals surface area contributed by atoms with Crippen molar-refractivity contribution in [2.45, 2.75) is 58.6 Å². The molecule has 0 aliphatic carbocycles. The predicted molar refractivity (Wildman–Crippen MR) is 87.1 cm³/mol. The highest BCUT2D eigenvalue weighted by Crippen LogP contribution is 2.34. The van der Waals surface area contributed by atoms with Crippen LogP contribution < -0.4 is 10.1 Å². The smallest absolute Gasteiger partial charge is 0.126 e. The molecule has 21 heavy (non-hydrogen) atoms. The third-order valence-electron chi connectivity index (χ3n) is 4.51. The zero-order valence-corrected chi connectivity index (χ0v) is 13.9. The zero-order chi connectivity index (χ0) is 15.2. The van der Waals surface area contributed by atoms with Crippen LogP contribution in [-0.4, -0.2) is 26.4 Å². The van der Waals surface area contributed by atoms with Crippen LogP contribution in [0.15, 0.2) is 12.1 Å². The Hall–Kier alpha value is -1.06. The highest BCUT2D eigenvalue weighted by atomic mass is 16.5. The van der Waals surface area contributed by atoms with Crippen LogP contribution in [0.25, 0.3) is 0 Å². The fraction of sp³-hybridized carbons (Fsp3) is 0.667. The van der Waals surface area contributed by atoms with Gasteiger partial charge in [-0.05, 0) is 57.2 Å². The van der Waals surface area contributed by atoms with Crippen LogP contribution in [0, 0.1) is 13.8 Å². The quantitative estimate of drug-likeness (QED) is 0.861. The molecule has 1 N–H and O–H groups in total. The van der Waals surface area contributed by atoms with Gasteiger partial charge in [0.2, 0.25) is 0 Å². The SMILES string of the molecule is CCNC(CC1CCCCO1)c1ccc(C)c(C)c1OC. The molecule has 2 atom stereocenters. The van der Waals surface area contributed by atoms with Gasteiger partial charge in [0.15, 0.2) is 0 Å². The standard InChI is InChI=1S/C18H29NO2/c1-5-19-17(12-15-8-6-7-11-21-15)16-10-9-13(2)14(3)18(16)20-4/h9-10,15,17,19H,5-8,11-12H2,1-4H3. The molecule has 0 bridgehead atoms. The van der Waals surface area contributed by atoms with Crippen LogP contribution in [-0.2, 0) is 4.74 Å². The first-order valence-corrected chi connectivity index (χ1v) is 8.16. The van der Waals surface area contributed by atoms with E-state index in [2.05, 4.69) is 38.2 Å². The molecule has 0 radical (unpaired) electrons. The van der Waals surface area contributed by atoms with Gasteiger partial charge < -0.3 is 14.8 Å². The number of ether oxygens (including phenoxy) is 2. The molecule has 0 aromatic heterocycles. The second-order valence-electron chi connectivity index (χ2n) is 5.96. The normalized spacial score (nSPS) is 20.3. The molecule has 1 saturated heterocycles. The molecule has 3 nitrogen and oxygen atoms in total. The van der Waals surface area contributed by atoms with Gasteiger partial charge in [0, 0.05) is 18.2 Å². The van der Waals surface area contributed by atoms with Gasteiger partial charge >= 0.3 is 0 Å². The summed E-state index contributed by atoms with van der Waals surface area (Å²) in [4.78, 5) is 0. The van der Waals surface area contributed by atoms with Crippen molar-refractivity contribution >= 4 is 0 Å². The number of nitrogens with one attached hydrogen (secondary N) is 1. The second-order valence-corrected chi connectivity index (χ2v) is 5.96. The van der Waals surface area contributed by atoms with Crippen LogP contribution >= 0.6 is 0 Å². The van der Waals surface area contributed by atoms with E-state index in [1.165, 1.54) is 36.0 Å². The summed E-state index contributed by atoms with van der Waals surface area (Å²) in [5.41, 5.74) is 3.78. The van der Waals surface area contributed by atoms with Crippen LogP contribution in [0.3, 0.4) is 0 Å². The summed E-state index contributed by atoms with van der Waals surface area (Å²) >= 11 is 0. The van der Waals surface area contributed by atoms with Crippen molar-refractivity contribution in [1.82, 2.24) is 5.32 Å². The molecule has 1 aromatic carbocycles. The second kappa shape index (κ2) is 7.81. The Kier molecular flexibility index (Phi) is 6.07. The molecule has 1 aliphatic heterocycles. The van der Waals surface area contributed by atoms with Crippen LogP contribution in [0.4, 0.5) is 0 Å². The van der Waals surface area contributed by atoms with Crippen molar-refractivity contribution in [3.8, 4) is 5.75 Å². The Bertz CT molecular complexity index is 453. The predicted octanol–water partition coefficient (Wildman–Crippen LogP) is 3.92. The number of rotatable bonds is 6. The number of benzene rings is 1. The third-order valence-corrected chi connectivity index (χ3v) is 4.51. The summed E-state index contributed by atoms with van der Waals surface area (Å²) in [7, 11) is 1.77. The first kappa shape index (κ1) is 16.3. The van der Waals surface area contributed by atoms with Crippen molar-refractivity contribution in [2.24, 2.45) is 0 Å². The molecule has 1 aromatic rings. The van der Waals surface area contributed by atoms with E-state index in [9.17, 15) is 0 Å². The van der Waals surface area contributed by atoms with Gasteiger partial charge in [0.25, 0.3) is 0 Å². The number of aryl methyl sites for hydroxylation is 1. The van der Waals surface area contributed by atoms with E-state index in [0.29, 0.717) is 12.1 Å². The third kappa shape index (κ3) is 3.98. The molecule has 0 saturated carbocycles. The van der Waals surface area contributed by atoms with Crippen LogP contribution in [0.5, 0.6) is 5.75 Å². The number of hydrogen-bond donors (Lipinski definition) is 1. The van der Waals surface area contributed by atoms with Gasteiger partial charge in [-0.25, -0.2) is 0 Å². The van der Waals surface area contributed by atoms with E-state index in [1.807, 2.05) is 0 Å². The van der Waals surface area contributed by atoms with E-state index in [4.69, 9.17) is 9.47 Å². The van der Waals surface area contributed by atoms with Gasteiger partial charge in [-0.3, -0.25) is 0 Å². The van der Waals surface area contributed by atoms with E-state index < -0.39 is 0 Å². The fourth-order valence-electron chi connectivity index (χ4n) is 3.18. The molecule has 1 heterocycles. The van der Waals surface area contributed by atoms with E-state index in [1.54, 1.807) is 7.11 Å². The van der Waals surface area contributed by atoms with Gasteiger partial charge in [0.05, 0.1) is 13.2 Å². The highest BCUT2D eigenvalue weighted by molar-refractivity contribution is 5.46. The van der Waals surface area contributed by atoms with Crippen LogP contribution in [0.2, 0.25) is 0 Å². The van der Waals surface area contributed by atoms with E-state index in [-0.39, 0.29) is 0 Å². The topological polar surface area (TPSA) is 30.5 Å². The summed E-state index contributed by atoms with van der Waals surface area (Å²) in [6.45, 7) is 8.29. The molecule has 2 rings (SSSR count). The maximum atomic E-state index is 5.92. The lowest BCUT2D eigenvalue weighted by molar-refractivity contribution is 0.00501. The first-order chi connectivity index (χ1) is 10.2. The van der Waals surface area contributed by atoms with Gasteiger partial charge in [0.1, 0.15) is 5.75 Å². The van der Waals surface area contributed by atoms with E-state index >= 15 is 0 Å². The summed E-state index contributed by atoms with van der Waals surface area (Å²) in [6, 6.07) is 4.70. The lowest BCUT2D eigenvalue weighted by Gasteiger charge is -2.29. The minimum atomic E-state index is 0.298. The largest absolute Gasteiger partial charge is 0.496 e. The lowest BCUT2D eigenvalue weighted by Crippen LogP contribution is -2.29.